The normalized spacial score (nSPS) is 11.8. The molecular formula is C15H20N2O. The van der Waals surface area contributed by atoms with Crippen LogP contribution < -0.4 is 5.32 Å². The van der Waals surface area contributed by atoms with E-state index in [1.807, 2.05) is 46.8 Å². The number of benzene rings is 1. The molecule has 0 aliphatic carbocycles. The molecule has 2 aromatic rings. The smallest absolute Gasteiger partial charge is 0.254 e. The minimum atomic E-state index is -0.225. The van der Waals surface area contributed by atoms with Gasteiger partial charge in [-0.05, 0) is 46.8 Å². The minimum Gasteiger partial charge on any atom is -0.358 e. The van der Waals surface area contributed by atoms with Gasteiger partial charge in [0, 0.05) is 22.1 Å². The quantitative estimate of drug-likeness (QED) is 0.794. The molecule has 1 amide bonds. The van der Waals surface area contributed by atoms with E-state index in [4.69, 9.17) is 0 Å². The van der Waals surface area contributed by atoms with Crippen LogP contribution in [0.3, 0.4) is 0 Å². The lowest BCUT2D eigenvalue weighted by atomic mass is 10.0. The first kappa shape index (κ1) is 12.7. The number of aryl methyl sites for hydroxylation is 2. The van der Waals surface area contributed by atoms with E-state index >= 15 is 0 Å². The van der Waals surface area contributed by atoms with E-state index in [2.05, 4.69) is 16.4 Å². The summed E-state index contributed by atoms with van der Waals surface area (Å²) in [6.45, 7) is 9.93. The molecule has 2 rings (SSSR count). The number of amides is 1. The van der Waals surface area contributed by atoms with Gasteiger partial charge in [-0.15, -0.1) is 0 Å². The van der Waals surface area contributed by atoms with Gasteiger partial charge < -0.3 is 10.3 Å². The van der Waals surface area contributed by atoms with E-state index < -0.39 is 0 Å². The van der Waals surface area contributed by atoms with Gasteiger partial charge in [0.05, 0.1) is 5.56 Å². The Morgan fingerprint density at radius 3 is 2.50 bits per heavy atom. The Kier molecular flexibility index (Phi) is 2.93. The third kappa shape index (κ3) is 2.40. The van der Waals surface area contributed by atoms with Gasteiger partial charge in [-0.1, -0.05) is 11.6 Å². The fourth-order valence-electron chi connectivity index (χ4n) is 2.14. The van der Waals surface area contributed by atoms with Crippen molar-refractivity contribution in [3.05, 3.63) is 35.0 Å². The molecule has 18 heavy (non-hydrogen) atoms. The maximum absolute atomic E-state index is 12.3. The molecule has 0 spiro atoms. The fraction of sp³-hybridized carbons (Fsp3) is 0.400. The highest BCUT2D eigenvalue weighted by Crippen LogP contribution is 2.23. The van der Waals surface area contributed by atoms with Crippen molar-refractivity contribution in [1.29, 1.82) is 0 Å². The van der Waals surface area contributed by atoms with E-state index in [0.717, 1.165) is 27.7 Å². The summed E-state index contributed by atoms with van der Waals surface area (Å²) in [7, 11) is 0. The molecule has 0 aliphatic heterocycles. The number of carbonyl (C=O) groups excluding carboxylic acids is 1. The maximum Gasteiger partial charge on any atom is 0.254 e. The summed E-state index contributed by atoms with van der Waals surface area (Å²) in [5, 5.41) is 4.01. The van der Waals surface area contributed by atoms with Gasteiger partial charge >= 0.3 is 0 Å². The van der Waals surface area contributed by atoms with Crippen LogP contribution in [0.1, 0.15) is 42.4 Å². The molecule has 0 atom stereocenters. The Balaban J connectivity index is 2.53. The first-order valence-corrected chi connectivity index (χ1v) is 6.19. The highest BCUT2D eigenvalue weighted by molar-refractivity contribution is 6.08. The topological polar surface area (TPSA) is 44.9 Å². The summed E-state index contributed by atoms with van der Waals surface area (Å²) in [5.74, 6) is -0.0168. The van der Waals surface area contributed by atoms with Crippen LogP contribution in [-0.4, -0.2) is 16.4 Å². The zero-order chi connectivity index (χ0) is 13.5. The Morgan fingerprint density at radius 1 is 1.22 bits per heavy atom. The highest BCUT2D eigenvalue weighted by Gasteiger charge is 2.20. The van der Waals surface area contributed by atoms with Crippen LogP contribution >= 0.6 is 0 Å². The van der Waals surface area contributed by atoms with Crippen LogP contribution in [0.5, 0.6) is 0 Å². The van der Waals surface area contributed by atoms with Gasteiger partial charge in [-0.3, -0.25) is 4.79 Å². The molecule has 1 aromatic carbocycles. The Hall–Kier alpha value is -1.77. The van der Waals surface area contributed by atoms with Gasteiger partial charge in [-0.25, -0.2) is 0 Å². The van der Waals surface area contributed by atoms with Crippen molar-refractivity contribution in [2.75, 3.05) is 0 Å². The molecule has 0 unspecified atom stereocenters. The maximum atomic E-state index is 12.3. The predicted molar refractivity (Wildman–Crippen MR) is 75.0 cm³/mol. The number of hydrogen-bond donors (Lipinski definition) is 2. The number of aromatic amines is 1. The highest BCUT2D eigenvalue weighted by atomic mass is 16.1. The predicted octanol–water partition coefficient (Wildman–Crippen LogP) is 3.31. The standard InChI is InChI=1S/C15H20N2O/c1-9-6-7-12-11(8-9)13(10(2)16-12)14(18)17-15(3,4)5/h6-8,16H,1-5H3,(H,17,18). The van der Waals surface area contributed by atoms with Gasteiger partial charge in [0.1, 0.15) is 0 Å². The molecule has 0 bridgehead atoms. The molecule has 0 fully saturated rings. The van der Waals surface area contributed by atoms with Crippen molar-refractivity contribution in [3.8, 4) is 0 Å². The molecule has 3 heteroatoms. The van der Waals surface area contributed by atoms with E-state index in [1.54, 1.807) is 0 Å². The largest absolute Gasteiger partial charge is 0.358 e. The van der Waals surface area contributed by atoms with Crippen LogP contribution in [-0.2, 0) is 0 Å². The molecule has 0 radical (unpaired) electrons. The monoisotopic (exact) mass is 244 g/mol. The lowest BCUT2D eigenvalue weighted by molar-refractivity contribution is 0.0920. The van der Waals surface area contributed by atoms with Crippen LogP contribution in [0.25, 0.3) is 10.9 Å². The average molecular weight is 244 g/mol. The van der Waals surface area contributed by atoms with Gasteiger partial charge in [0.2, 0.25) is 0 Å². The summed E-state index contributed by atoms with van der Waals surface area (Å²) in [4.78, 5) is 15.6. The minimum absolute atomic E-state index is 0.0168. The van der Waals surface area contributed by atoms with E-state index in [-0.39, 0.29) is 11.4 Å². The molecule has 3 nitrogen and oxygen atoms in total. The zero-order valence-electron chi connectivity index (χ0n) is 11.6. The molecule has 0 saturated heterocycles. The van der Waals surface area contributed by atoms with Gasteiger partial charge in [0.25, 0.3) is 5.91 Å². The van der Waals surface area contributed by atoms with Crippen molar-refractivity contribution in [1.82, 2.24) is 10.3 Å². The molecular weight excluding hydrogens is 224 g/mol. The van der Waals surface area contributed by atoms with Gasteiger partial charge in [-0.2, -0.15) is 0 Å². The van der Waals surface area contributed by atoms with Gasteiger partial charge in [0.15, 0.2) is 0 Å². The molecule has 96 valence electrons. The summed E-state index contributed by atoms with van der Waals surface area (Å²) >= 11 is 0. The Morgan fingerprint density at radius 2 is 1.89 bits per heavy atom. The third-order valence-electron chi connectivity index (χ3n) is 2.86. The van der Waals surface area contributed by atoms with Crippen LogP contribution in [0, 0.1) is 13.8 Å². The van der Waals surface area contributed by atoms with Crippen LogP contribution in [0.4, 0.5) is 0 Å². The number of hydrogen-bond acceptors (Lipinski definition) is 1. The Labute approximate surface area is 108 Å². The Bertz CT molecular complexity index is 603. The third-order valence-corrected chi connectivity index (χ3v) is 2.86. The van der Waals surface area contributed by atoms with E-state index in [1.165, 1.54) is 0 Å². The SMILES string of the molecule is Cc1ccc2[nH]c(C)c(C(=O)NC(C)(C)C)c2c1. The molecule has 2 N–H and O–H groups in total. The number of nitrogens with one attached hydrogen (secondary N) is 2. The van der Waals surface area contributed by atoms with Crippen molar-refractivity contribution in [2.45, 2.75) is 40.2 Å². The summed E-state index contributed by atoms with van der Waals surface area (Å²) in [5.41, 5.74) is 3.61. The molecule has 0 aliphatic rings. The number of carbonyl (C=O) groups is 1. The first-order valence-electron chi connectivity index (χ1n) is 6.19. The first-order chi connectivity index (χ1) is 8.28. The fourth-order valence-corrected chi connectivity index (χ4v) is 2.14. The lowest BCUT2D eigenvalue weighted by Crippen LogP contribution is -2.40. The molecule has 1 aromatic heterocycles. The summed E-state index contributed by atoms with van der Waals surface area (Å²) in [6.07, 6.45) is 0. The van der Waals surface area contributed by atoms with Crippen LogP contribution in [0.2, 0.25) is 0 Å². The number of fused-ring (bicyclic) bond motifs is 1. The second kappa shape index (κ2) is 4.16. The second-order valence-corrected chi connectivity index (χ2v) is 5.88. The summed E-state index contributed by atoms with van der Waals surface area (Å²) in [6, 6.07) is 6.12. The summed E-state index contributed by atoms with van der Waals surface area (Å²) < 4.78 is 0. The van der Waals surface area contributed by atoms with Crippen LogP contribution in [0.15, 0.2) is 18.2 Å². The molecule has 1 heterocycles. The van der Waals surface area contributed by atoms with Crippen molar-refractivity contribution >= 4 is 16.8 Å². The van der Waals surface area contributed by atoms with Crippen molar-refractivity contribution in [3.63, 3.8) is 0 Å². The van der Waals surface area contributed by atoms with E-state index in [9.17, 15) is 4.79 Å². The number of H-pyrrole nitrogens is 1. The van der Waals surface area contributed by atoms with E-state index in [0.29, 0.717) is 0 Å². The second-order valence-electron chi connectivity index (χ2n) is 5.88. The number of rotatable bonds is 1. The van der Waals surface area contributed by atoms with Crippen molar-refractivity contribution < 1.29 is 4.79 Å². The van der Waals surface area contributed by atoms with Crippen molar-refractivity contribution in [2.24, 2.45) is 0 Å². The lowest BCUT2D eigenvalue weighted by Gasteiger charge is -2.20. The number of aromatic nitrogens is 1. The molecule has 0 saturated carbocycles. The zero-order valence-corrected chi connectivity index (χ0v) is 11.6. The average Bonchev–Trinajstić information content (AvgIpc) is 2.50.